The highest BCUT2D eigenvalue weighted by Gasteiger charge is 1.98. The molecule has 0 fully saturated rings. The summed E-state index contributed by atoms with van der Waals surface area (Å²) in [6, 6.07) is 23.2. The summed E-state index contributed by atoms with van der Waals surface area (Å²) in [5.41, 5.74) is 6.90. The van der Waals surface area contributed by atoms with Crippen molar-refractivity contribution in [3.05, 3.63) is 94.5 Å². The fraction of sp³-hybridized carbons (Fsp3) is 0.0909. The second-order valence-electron chi connectivity index (χ2n) is 6.18. The van der Waals surface area contributed by atoms with Crippen molar-refractivity contribution in [2.75, 3.05) is 5.32 Å². The molecule has 28 heavy (non-hydrogen) atoms. The first-order chi connectivity index (χ1) is 13.6. The lowest BCUT2D eigenvalue weighted by Gasteiger charge is -2.08. The van der Waals surface area contributed by atoms with E-state index in [1.807, 2.05) is 79.7 Å². The van der Waals surface area contributed by atoms with Crippen molar-refractivity contribution >= 4 is 40.8 Å². The number of hydrazone groups is 1. The van der Waals surface area contributed by atoms with Crippen LogP contribution in [0, 0.1) is 6.92 Å². The smallest absolute Gasteiger partial charge is 0.191 e. The zero-order valence-electron chi connectivity index (χ0n) is 15.4. The Morgan fingerprint density at radius 1 is 1.07 bits per heavy atom. The highest BCUT2D eigenvalue weighted by molar-refractivity contribution is 7.80. The summed E-state index contributed by atoms with van der Waals surface area (Å²) in [5, 5.41) is 8.40. The van der Waals surface area contributed by atoms with Crippen LogP contribution < -0.4 is 15.5 Å². The second-order valence-corrected chi connectivity index (χ2v) is 7.02. The van der Waals surface area contributed by atoms with E-state index in [1.54, 1.807) is 6.21 Å². The van der Waals surface area contributed by atoms with Gasteiger partial charge in [0.1, 0.15) is 12.4 Å². The Labute approximate surface area is 175 Å². The summed E-state index contributed by atoms with van der Waals surface area (Å²) < 4.78 is 5.77. The van der Waals surface area contributed by atoms with E-state index in [2.05, 4.69) is 15.8 Å². The van der Waals surface area contributed by atoms with Crippen molar-refractivity contribution in [2.24, 2.45) is 5.10 Å². The first kappa shape index (κ1) is 19.9. The summed E-state index contributed by atoms with van der Waals surface area (Å²) >= 11 is 11.1. The number of rotatable bonds is 6. The van der Waals surface area contributed by atoms with Crippen LogP contribution in [-0.2, 0) is 6.61 Å². The van der Waals surface area contributed by atoms with Crippen LogP contribution >= 0.6 is 23.8 Å². The van der Waals surface area contributed by atoms with Gasteiger partial charge in [-0.3, -0.25) is 5.43 Å². The largest absolute Gasteiger partial charge is 0.489 e. The highest BCUT2D eigenvalue weighted by atomic mass is 35.5. The number of hydrogen-bond donors (Lipinski definition) is 2. The molecule has 0 heterocycles. The summed E-state index contributed by atoms with van der Waals surface area (Å²) in [6.07, 6.45) is 1.70. The Bertz CT molecular complexity index is 956. The van der Waals surface area contributed by atoms with Gasteiger partial charge in [0, 0.05) is 10.7 Å². The van der Waals surface area contributed by atoms with Gasteiger partial charge < -0.3 is 10.1 Å². The molecule has 0 aliphatic rings. The molecule has 0 saturated heterocycles. The summed E-state index contributed by atoms with van der Waals surface area (Å²) in [5.74, 6) is 0.789. The molecule has 0 aromatic heterocycles. The van der Waals surface area contributed by atoms with E-state index in [0.29, 0.717) is 11.7 Å². The Morgan fingerprint density at radius 3 is 2.54 bits per heavy atom. The minimum absolute atomic E-state index is 0.435. The molecule has 0 amide bonds. The normalized spacial score (nSPS) is 10.6. The molecule has 3 rings (SSSR count). The van der Waals surface area contributed by atoms with Crippen molar-refractivity contribution in [1.82, 2.24) is 5.43 Å². The molecule has 3 aromatic rings. The fourth-order valence-corrected chi connectivity index (χ4v) is 2.74. The topological polar surface area (TPSA) is 45.7 Å². The number of aryl methyl sites for hydroxylation is 1. The highest BCUT2D eigenvalue weighted by Crippen LogP contribution is 2.15. The van der Waals surface area contributed by atoms with Gasteiger partial charge in [-0.05, 0) is 84.4 Å². The molecule has 142 valence electrons. The number of nitrogens with one attached hydrogen (secondary N) is 2. The number of nitrogens with zero attached hydrogens (tertiary/aromatic N) is 1. The van der Waals surface area contributed by atoms with Crippen LogP contribution in [0.25, 0.3) is 0 Å². The van der Waals surface area contributed by atoms with Gasteiger partial charge in [0.25, 0.3) is 0 Å². The van der Waals surface area contributed by atoms with Crippen molar-refractivity contribution in [3.63, 3.8) is 0 Å². The van der Waals surface area contributed by atoms with Gasteiger partial charge in [-0.2, -0.15) is 5.10 Å². The van der Waals surface area contributed by atoms with Gasteiger partial charge in [-0.15, -0.1) is 0 Å². The lowest BCUT2D eigenvalue weighted by molar-refractivity contribution is 0.306. The van der Waals surface area contributed by atoms with E-state index in [9.17, 15) is 0 Å². The molecule has 0 aliphatic carbocycles. The third-order valence-corrected chi connectivity index (χ3v) is 4.30. The fourth-order valence-electron chi connectivity index (χ4n) is 2.44. The van der Waals surface area contributed by atoms with Crippen LogP contribution in [-0.4, -0.2) is 11.3 Å². The van der Waals surface area contributed by atoms with Crippen LogP contribution in [0.4, 0.5) is 5.69 Å². The molecule has 0 aliphatic heterocycles. The maximum absolute atomic E-state index is 5.88. The zero-order valence-corrected chi connectivity index (χ0v) is 16.9. The van der Waals surface area contributed by atoms with Gasteiger partial charge in [0.15, 0.2) is 5.11 Å². The molecule has 3 aromatic carbocycles. The average molecular weight is 410 g/mol. The molecule has 4 nitrogen and oxygen atoms in total. The molecular weight excluding hydrogens is 390 g/mol. The summed E-state index contributed by atoms with van der Waals surface area (Å²) in [4.78, 5) is 0. The third kappa shape index (κ3) is 6.37. The molecule has 0 saturated carbocycles. The minimum Gasteiger partial charge on any atom is -0.489 e. The van der Waals surface area contributed by atoms with Crippen molar-refractivity contribution < 1.29 is 4.74 Å². The van der Waals surface area contributed by atoms with E-state index in [0.717, 1.165) is 33.1 Å². The molecule has 6 heteroatoms. The van der Waals surface area contributed by atoms with E-state index < -0.39 is 0 Å². The van der Waals surface area contributed by atoms with Gasteiger partial charge >= 0.3 is 0 Å². The van der Waals surface area contributed by atoms with Crippen LogP contribution in [0.3, 0.4) is 0 Å². The second kappa shape index (κ2) is 9.88. The van der Waals surface area contributed by atoms with E-state index in [-0.39, 0.29) is 0 Å². The van der Waals surface area contributed by atoms with Crippen molar-refractivity contribution in [1.29, 1.82) is 0 Å². The number of ether oxygens (including phenoxy) is 1. The predicted octanol–water partition coefficient (Wildman–Crippen LogP) is 5.55. The summed E-state index contributed by atoms with van der Waals surface area (Å²) in [6.45, 7) is 2.52. The monoisotopic (exact) mass is 409 g/mol. The van der Waals surface area contributed by atoms with Crippen LogP contribution in [0.5, 0.6) is 5.75 Å². The predicted molar refractivity (Wildman–Crippen MR) is 120 cm³/mol. The molecule has 0 atom stereocenters. The van der Waals surface area contributed by atoms with Gasteiger partial charge in [-0.1, -0.05) is 35.9 Å². The van der Waals surface area contributed by atoms with Gasteiger partial charge in [0.2, 0.25) is 0 Å². The van der Waals surface area contributed by atoms with Crippen molar-refractivity contribution in [3.8, 4) is 5.75 Å². The summed E-state index contributed by atoms with van der Waals surface area (Å²) in [7, 11) is 0. The first-order valence-electron chi connectivity index (χ1n) is 8.72. The number of benzene rings is 3. The number of thiocarbonyl (C=S) groups is 1. The van der Waals surface area contributed by atoms with Gasteiger partial charge in [-0.25, -0.2) is 0 Å². The van der Waals surface area contributed by atoms with Crippen LogP contribution in [0.15, 0.2) is 77.9 Å². The quantitative estimate of drug-likeness (QED) is 0.318. The maximum atomic E-state index is 5.88. The Balaban J connectivity index is 1.46. The SMILES string of the molecule is Cc1cccc(NC(=S)N/N=C/c2ccc(OCc3ccc(Cl)cc3)cc2)c1. The Hall–Kier alpha value is -2.89. The molecular formula is C22H20ClN3OS. The first-order valence-corrected chi connectivity index (χ1v) is 9.51. The molecule has 0 bridgehead atoms. The van der Waals surface area contributed by atoms with Crippen LogP contribution in [0.2, 0.25) is 5.02 Å². The third-order valence-electron chi connectivity index (χ3n) is 3.85. The average Bonchev–Trinajstić information content (AvgIpc) is 2.68. The zero-order chi connectivity index (χ0) is 19.8. The van der Waals surface area contributed by atoms with Crippen LogP contribution in [0.1, 0.15) is 16.7 Å². The standard InChI is InChI=1S/C22H20ClN3OS/c1-16-3-2-4-20(13-16)25-22(28)26-24-14-17-7-11-21(12-8-17)27-15-18-5-9-19(23)10-6-18/h2-14H,15H2,1H3,(H2,25,26,28)/b24-14+. The molecule has 0 unspecified atom stereocenters. The molecule has 2 N–H and O–H groups in total. The van der Waals surface area contributed by atoms with E-state index in [1.165, 1.54) is 0 Å². The lowest BCUT2D eigenvalue weighted by Crippen LogP contribution is -2.23. The molecule has 0 radical (unpaired) electrons. The lowest BCUT2D eigenvalue weighted by atomic mass is 10.2. The van der Waals surface area contributed by atoms with E-state index in [4.69, 9.17) is 28.6 Å². The maximum Gasteiger partial charge on any atom is 0.191 e. The van der Waals surface area contributed by atoms with Crippen molar-refractivity contribution in [2.45, 2.75) is 13.5 Å². The minimum atomic E-state index is 0.435. The Kier molecular flexibility index (Phi) is 7.00. The number of halogens is 1. The van der Waals surface area contributed by atoms with E-state index >= 15 is 0 Å². The number of anilines is 1. The molecule has 0 spiro atoms. The number of hydrogen-bond acceptors (Lipinski definition) is 3. The van der Waals surface area contributed by atoms with Gasteiger partial charge in [0.05, 0.1) is 6.21 Å². The Morgan fingerprint density at radius 2 is 1.82 bits per heavy atom.